The molecule has 1 heterocycles. The first-order chi connectivity index (χ1) is 7.29. The number of hydrogen-bond acceptors (Lipinski definition) is 2. The second-order valence-electron chi connectivity index (χ2n) is 3.94. The zero-order valence-electron chi connectivity index (χ0n) is 9.29. The lowest BCUT2D eigenvalue weighted by molar-refractivity contribution is 0.537. The van der Waals surface area contributed by atoms with Gasteiger partial charge in [0.2, 0.25) is 0 Å². The van der Waals surface area contributed by atoms with Gasteiger partial charge in [-0.15, -0.1) is 11.3 Å². The maximum Gasteiger partial charge on any atom is 0.0346 e. The summed E-state index contributed by atoms with van der Waals surface area (Å²) in [6.07, 6.45) is 1.19. The Morgan fingerprint density at radius 3 is 2.87 bits per heavy atom. The van der Waals surface area contributed by atoms with E-state index < -0.39 is 0 Å². The Morgan fingerprint density at radius 1 is 1.33 bits per heavy atom. The molecule has 1 N–H and O–H groups in total. The number of nitrogens with one attached hydrogen (secondary N) is 1. The molecule has 0 bridgehead atoms. The third kappa shape index (κ3) is 2.58. The summed E-state index contributed by atoms with van der Waals surface area (Å²) in [7, 11) is 0. The minimum atomic E-state index is 0.607. The average Bonchev–Trinajstić information content (AvgIpc) is 2.68. The summed E-state index contributed by atoms with van der Waals surface area (Å²) in [6, 6.07) is 11.5. The second-order valence-corrected chi connectivity index (χ2v) is 5.11. The van der Waals surface area contributed by atoms with Crippen molar-refractivity contribution < 1.29 is 0 Å². The molecule has 0 saturated carbocycles. The molecule has 2 heteroatoms. The predicted molar refractivity (Wildman–Crippen MR) is 68.4 cm³/mol. The predicted octanol–water partition coefficient (Wildman–Crippen LogP) is 3.79. The summed E-state index contributed by atoms with van der Waals surface area (Å²) in [5.74, 6) is 0. The zero-order chi connectivity index (χ0) is 10.7. The highest BCUT2D eigenvalue weighted by Gasteiger charge is 2.02. The van der Waals surface area contributed by atoms with Crippen molar-refractivity contribution in [3.63, 3.8) is 0 Å². The van der Waals surface area contributed by atoms with E-state index in [0.29, 0.717) is 6.04 Å². The van der Waals surface area contributed by atoms with Crippen molar-refractivity contribution in [1.82, 2.24) is 5.32 Å². The monoisotopic (exact) mass is 219 g/mol. The van der Waals surface area contributed by atoms with Gasteiger partial charge in [-0.1, -0.05) is 25.1 Å². The molecule has 0 aliphatic carbocycles. The smallest absolute Gasteiger partial charge is 0.0346 e. The maximum atomic E-state index is 3.52. The molecule has 2 aromatic rings. The SMILES string of the molecule is CCC(C)NCc1cc2ccccc2s1. The Hall–Kier alpha value is -0.860. The second kappa shape index (κ2) is 4.77. The van der Waals surface area contributed by atoms with Gasteiger partial charge in [-0.2, -0.15) is 0 Å². The van der Waals surface area contributed by atoms with Crippen molar-refractivity contribution in [1.29, 1.82) is 0 Å². The van der Waals surface area contributed by atoms with Gasteiger partial charge in [-0.3, -0.25) is 0 Å². The molecule has 15 heavy (non-hydrogen) atoms. The van der Waals surface area contributed by atoms with E-state index in [9.17, 15) is 0 Å². The van der Waals surface area contributed by atoms with Crippen molar-refractivity contribution in [3.05, 3.63) is 35.2 Å². The molecule has 0 amide bonds. The van der Waals surface area contributed by atoms with Crippen LogP contribution < -0.4 is 5.32 Å². The van der Waals surface area contributed by atoms with Gasteiger partial charge in [0.25, 0.3) is 0 Å². The molecule has 2 rings (SSSR count). The lowest BCUT2D eigenvalue weighted by Crippen LogP contribution is -2.23. The molecule has 0 aliphatic heterocycles. The fourth-order valence-corrected chi connectivity index (χ4v) is 2.56. The fraction of sp³-hybridized carbons (Fsp3) is 0.385. The van der Waals surface area contributed by atoms with Gasteiger partial charge in [0.1, 0.15) is 0 Å². The maximum absolute atomic E-state index is 3.52. The molecule has 0 fully saturated rings. The van der Waals surface area contributed by atoms with Crippen LogP contribution in [0.4, 0.5) is 0 Å². The van der Waals surface area contributed by atoms with E-state index >= 15 is 0 Å². The summed E-state index contributed by atoms with van der Waals surface area (Å²) in [6.45, 7) is 5.43. The Labute approximate surface area is 95.1 Å². The van der Waals surface area contributed by atoms with E-state index in [1.165, 1.54) is 21.4 Å². The van der Waals surface area contributed by atoms with E-state index in [1.54, 1.807) is 0 Å². The molecular formula is C13H17NS. The summed E-state index contributed by atoms with van der Waals surface area (Å²) >= 11 is 1.89. The third-order valence-corrected chi connectivity index (χ3v) is 3.83. The largest absolute Gasteiger partial charge is 0.309 e. The van der Waals surface area contributed by atoms with Gasteiger partial charge in [0, 0.05) is 22.2 Å². The lowest BCUT2D eigenvalue weighted by atomic mass is 10.2. The first-order valence-electron chi connectivity index (χ1n) is 5.50. The highest BCUT2D eigenvalue weighted by Crippen LogP contribution is 2.25. The summed E-state index contributed by atoms with van der Waals surface area (Å²) in [4.78, 5) is 1.43. The fourth-order valence-electron chi connectivity index (χ4n) is 1.54. The first kappa shape index (κ1) is 10.7. The van der Waals surface area contributed by atoms with Crippen molar-refractivity contribution in [2.75, 3.05) is 0 Å². The Bertz CT molecular complexity index is 400. The van der Waals surface area contributed by atoms with E-state index in [4.69, 9.17) is 0 Å². The van der Waals surface area contributed by atoms with Gasteiger partial charge in [0.05, 0.1) is 0 Å². The Kier molecular flexibility index (Phi) is 3.39. The summed E-state index contributed by atoms with van der Waals surface area (Å²) in [5.41, 5.74) is 0. The van der Waals surface area contributed by atoms with Crippen LogP contribution in [0.5, 0.6) is 0 Å². The van der Waals surface area contributed by atoms with Crippen LogP contribution >= 0.6 is 11.3 Å². The standard InChI is InChI=1S/C13H17NS/c1-3-10(2)14-9-12-8-11-6-4-5-7-13(11)15-12/h4-8,10,14H,3,9H2,1-2H3. The number of benzene rings is 1. The minimum Gasteiger partial charge on any atom is -0.309 e. The van der Waals surface area contributed by atoms with E-state index in [1.807, 2.05) is 11.3 Å². The molecule has 1 aromatic heterocycles. The number of hydrogen-bond donors (Lipinski definition) is 1. The summed E-state index contributed by atoms with van der Waals surface area (Å²) in [5, 5.41) is 4.88. The minimum absolute atomic E-state index is 0.607. The van der Waals surface area contributed by atoms with Gasteiger partial charge in [-0.25, -0.2) is 0 Å². The van der Waals surface area contributed by atoms with Crippen molar-refractivity contribution in [3.8, 4) is 0 Å². The van der Waals surface area contributed by atoms with Crippen LogP contribution in [0, 0.1) is 0 Å². The van der Waals surface area contributed by atoms with E-state index in [0.717, 1.165) is 6.54 Å². The Morgan fingerprint density at radius 2 is 2.13 bits per heavy atom. The van der Waals surface area contributed by atoms with Crippen LogP contribution in [0.3, 0.4) is 0 Å². The van der Waals surface area contributed by atoms with Crippen molar-refractivity contribution in [2.24, 2.45) is 0 Å². The van der Waals surface area contributed by atoms with Gasteiger partial charge >= 0.3 is 0 Å². The quantitative estimate of drug-likeness (QED) is 0.825. The molecule has 0 saturated heterocycles. The van der Waals surface area contributed by atoms with Gasteiger partial charge in [0.15, 0.2) is 0 Å². The van der Waals surface area contributed by atoms with Crippen LogP contribution in [-0.2, 0) is 6.54 Å². The van der Waals surface area contributed by atoms with Crippen LogP contribution in [-0.4, -0.2) is 6.04 Å². The van der Waals surface area contributed by atoms with Crippen LogP contribution in [0.25, 0.3) is 10.1 Å². The number of fused-ring (bicyclic) bond motifs is 1. The van der Waals surface area contributed by atoms with Crippen LogP contribution in [0.2, 0.25) is 0 Å². The average molecular weight is 219 g/mol. The molecule has 0 spiro atoms. The topological polar surface area (TPSA) is 12.0 Å². The molecule has 1 aromatic carbocycles. The number of rotatable bonds is 4. The molecule has 0 aliphatic rings. The van der Waals surface area contributed by atoms with Crippen molar-refractivity contribution in [2.45, 2.75) is 32.9 Å². The highest BCUT2D eigenvalue weighted by molar-refractivity contribution is 7.19. The van der Waals surface area contributed by atoms with E-state index in [2.05, 4.69) is 49.5 Å². The highest BCUT2D eigenvalue weighted by atomic mass is 32.1. The molecule has 1 atom stereocenters. The molecule has 0 radical (unpaired) electrons. The molecule has 1 unspecified atom stereocenters. The molecule has 1 nitrogen and oxygen atoms in total. The first-order valence-corrected chi connectivity index (χ1v) is 6.32. The van der Waals surface area contributed by atoms with Crippen molar-refractivity contribution >= 4 is 21.4 Å². The van der Waals surface area contributed by atoms with E-state index in [-0.39, 0.29) is 0 Å². The van der Waals surface area contributed by atoms with Gasteiger partial charge in [-0.05, 0) is 30.9 Å². The van der Waals surface area contributed by atoms with Gasteiger partial charge < -0.3 is 5.32 Å². The normalized spacial score (nSPS) is 13.2. The third-order valence-electron chi connectivity index (χ3n) is 2.71. The molecular weight excluding hydrogens is 202 g/mol. The Balaban J connectivity index is 2.09. The lowest BCUT2D eigenvalue weighted by Gasteiger charge is -2.09. The zero-order valence-corrected chi connectivity index (χ0v) is 10.1. The number of thiophene rings is 1. The van der Waals surface area contributed by atoms with Crippen LogP contribution in [0.1, 0.15) is 25.1 Å². The van der Waals surface area contributed by atoms with Crippen LogP contribution in [0.15, 0.2) is 30.3 Å². The molecule has 80 valence electrons. The summed E-state index contributed by atoms with van der Waals surface area (Å²) < 4.78 is 1.39.